The summed E-state index contributed by atoms with van der Waals surface area (Å²) in [5, 5.41) is 2.68. The molecule has 0 fully saturated rings. The smallest absolute Gasteiger partial charge is 0.244 e. The Balaban J connectivity index is 2.38. The number of nitrogens with zero attached hydrogens (tertiary/aromatic N) is 2. The van der Waals surface area contributed by atoms with E-state index in [9.17, 15) is 31.2 Å². The quantitative estimate of drug-likeness (QED) is 0.561. The van der Waals surface area contributed by atoms with Crippen LogP contribution in [-0.2, 0) is 26.2 Å². The Morgan fingerprint density at radius 1 is 1.03 bits per heavy atom. The molecular weight excluding hydrogens is 459 g/mol. The number of amides is 2. The number of sulfonamides is 1. The molecule has 2 aromatic rings. The average Bonchev–Trinajstić information content (AvgIpc) is 2.76. The lowest BCUT2D eigenvalue weighted by Crippen LogP contribution is -2.51. The van der Waals surface area contributed by atoms with Gasteiger partial charge >= 0.3 is 0 Å². The summed E-state index contributed by atoms with van der Waals surface area (Å²) in [6.45, 7) is 2.87. The van der Waals surface area contributed by atoms with Gasteiger partial charge in [-0.05, 0) is 43.2 Å². The highest BCUT2D eigenvalue weighted by atomic mass is 32.2. The van der Waals surface area contributed by atoms with Gasteiger partial charge in [0.15, 0.2) is 11.6 Å². The molecule has 1 N–H and O–H groups in total. The molecule has 0 aliphatic carbocycles. The van der Waals surface area contributed by atoms with Gasteiger partial charge in [0.2, 0.25) is 21.8 Å². The van der Waals surface area contributed by atoms with Gasteiger partial charge in [0.25, 0.3) is 0 Å². The molecule has 0 heterocycles. The second-order valence-corrected chi connectivity index (χ2v) is 9.39. The van der Waals surface area contributed by atoms with Crippen LogP contribution in [0, 0.1) is 17.5 Å². The van der Waals surface area contributed by atoms with Crippen molar-refractivity contribution in [1.82, 2.24) is 10.2 Å². The molecule has 0 radical (unpaired) electrons. The summed E-state index contributed by atoms with van der Waals surface area (Å²) in [4.78, 5) is 26.9. The first-order valence-corrected chi connectivity index (χ1v) is 12.0. The van der Waals surface area contributed by atoms with E-state index in [1.807, 2.05) is 6.92 Å². The normalized spacial score (nSPS) is 12.2. The molecule has 0 saturated carbocycles. The maximum atomic E-state index is 13.7. The zero-order valence-electron chi connectivity index (χ0n) is 18.5. The van der Waals surface area contributed by atoms with Crippen LogP contribution in [0.2, 0.25) is 0 Å². The molecule has 0 bridgehead atoms. The number of benzene rings is 2. The SMILES string of the molecule is CCCNC(=O)C(C)N(Cc1ccc(F)cc1)C(=O)CN(c1ccc(F)c(F)c1)S(C)(=O)=O. The van der Waals surface area contributed by atoms with Gasteiger partial charge in [-0.3, -0.25) is 13.9 Å². The number of nitrogens with one attached hydrogen (secondary N) is 1. The fraction of sp³-hybridized carbons (Fsp3) is 0.364. The number of rotatable bonds is 10. The number of hydrogen-bond donors (Lipinski definition) is 1. The molecule has 2 amide bonds. The fourth-order valence-corrected chi connectivity index (χ4v) is 3.86. The van der Waals surface area contributed by atoms with Crippen molar-refractivity contribution < 1.29 is 31.2 Å². The van der Waals surface area contributed by atoms with Crippen LogP contribution in [0.1, 0.15) is 25.8 Å². The van der Waals surface area contributed by atoms with Gasteiger partial charge in [0, 0.05) is 19.2 Å². The Kier molecular flexibility index (Phi) is 8.86. The summed E-state index contributed by atoms with van der Waals surface area (Å²) in [6, 6.07) is 6.75. The minimum Gasteiger partial charge on any atom is -0.354 e. The van der Waals surface area contributed by atoms with Gasteiger partial charge in [-0.25, -0.2) is 21.6 Å². The lowest BCUT2D eigenvalue weighted by molar-refractivity contribution is -0.139. The summed E-state index contributed by atoms with van der Waals surface area (Å²) in [5.74, 6) is -4.13. The molecule has 2 aromatic carbocycles. The number of hydrogen-bond acceptors (Lipinski definition) is 4. The Morgan fingerprint density at radius 2 is 1.67 bits per heavy atom. The third-order valence-corrected chi connectivity index (χ3v) is 5.99. The van der Waals surface area contributed by atoms with Crippen molar-refractivity contribution >= 4 is 27.5 Å². The zero-order valence-corrected chi connectivity index (χ0v) is 19.3. The highest BCUT2D eigenvalue weighted by molar-refractivity contribution is 7.92. The molecule has 7 nitrogen and oxygen atoms in total. The number of carbonyl (C=O) groups is 2. The lowest BCUT2D eigenvalue weighted by atomic mass is 10.1. The first-order chi connectivity index (χ1) is 15.4. The standard InChI is InChI=1S/C22H26F3N3O4S/c1-4-11-26-22(30)15(2)27(13-16-5-7-17(23)8-6-16)21(29)14-28(33(3,31)32)18-9-10-19(24)20(25)12-18/h5-10,12,15H,4,11,13-14H2,1-3H3,(H,26,30). The molecule has 1 atom stereocenters. The van der Waals surface area contributed by atoms with Gasteiger partial charge in [0.05, 0.1) is 11.9 Å². The third kappa shape index (κ3) is 7.21. The van der Waals surface area contributed by atoms with Crippen molar-refractivity contribution in [2.75, 3.05) is 23.7 Å². The summed E-state index contributed by atoms with van der Waals surface area (Å²) >= 11 is 0. The predicted octanol–water partition coefficient (Wildman–Crippen LogP) is 2.81. The van der Waals surface area contributed by atoms with Crippen LogP contribution in [0.25, 0.3) is 0 Å². The van der Waals surface area contributed by atoms with E-state index in [-0.39, 0.29) is 12.2 Å². The van der Waals surface area contributed by atoms with Gasteiger partial charge in [-0.1, -0.05) is 19.1 Å². The molecule has 11 heteroatoms. The number of halogens is 3. The summed E-state index contributed by atoms with van der Waals surface area (Å²) in [5.41, 5.74) is 0.271. The highest BCUT2D eigenvalue weighted by Gasteiger charge is 2.30. The van der Waals surface area contributed by atoms with Crippen LogP contribution in [-0.4, -0.2) is 50.5 Å². The summed E-state index contributed by atoms with van der Waals surface area (Å²) in [6.07, 6.45) is 1.49. The number of anilines is 1. The van der Waals surface area contributed by atoms with Crippen LogP contribution in [0.5, 0.6) is 0 Å². The van der Waals surface area contributed by atoms with E-state index >= 15 is 0 Å². The van der Waals surface area contributed by atoms with E-state index in [2.05, 4.69) is 5.32 Å². The molecule has 2 rings (SSSR count). The Hall–Kier alpha value is -3.08. The first-order valence-electron chi connectivity index (χ1n) is 10.2. The van der Waals surface area contributed by atoms with Crippen molar-refractivity contribution in [3.05, 3.63) is 65.5 Å². The average molecular weight is 486 g/mol. The Bertz CT molecular complexity index is 1090. The molecule has 33 heavy (non-hydrogen) atoms. The van der Waals surface area contributed by atoms with E-state index in [1.165, 1.54) is 31.2 Å². The largest absolute Gasteiger partial charge is 0.354 e. The van der Waals surface area contributed by atoms with E-state index in [4.69, 9.17) is 0 Å². The minimum absolute atomic E-state index is 0.102. The van der Waals surface area contributed by atoms with Gasteiger partial charge in [-0.2, -0.15) is 0 Å². The summed E-state index contributed by atoms with van der Waals surface area (Å²) in [7, 11) is -4.07. The second kappa shape index (κ2) is 11.2. The highest BCUT2D eigenvalue weighted by Crippen LogP contribution is 2.21. The van der Waals surface area contributed by atoms with Gasteiger partial charge in [-0.15, -0.1) is 0 Å². The second-order valence-electron chi connectivity index (χ2n) is 7.48. The molecular formula is C22H26F3N3O4S. The maximum absolute atomic E-state index is 13.7. The van der Waals surface area contributed by atoms with Crippen molar-refractivity contribution in [3.63, 3.8) is 0 Å². The minimum atomic E-state index is -4.07. The van der Waals surface area contributed by atoms with E-state index in [0.29, 0.717) is 28.9 Å². The summed E-state index contributed by atoms with van der Waals surface area (Å²) < 4.78 is 65.7. The van der Waals surface area contributed by atoms with Gasteiger partial charge in [0.1, 0.15) is 18.4 Å². The molecule has 180 valence electrons. The predicted molar refractivity (Wildman–Crippen MR) is 118 cm³/mol. The van der Waals surface area contributed by atoms with E-state index in [1.54, 1.807) is 0 Å². The molecule has 0 saturated heterocycles. The molecule has 0 aliphatic heterocycles. The lowest BCUT2D eigenvalue weighted by Gasteiger charge is -2.31. The molecule has 0 aromatic heterocycles. The number of carbonyl (C=O) groups excluding carboxylic acids is 2. The van der Waals surface area contributed by atoms with Crippen LogP contribution in [0.4, 0.5) is 18.9 Å². The van der Waals surface area contributed by atoms with Crippen molar-refractivity contribution in [1.29, 1.82) is 0 Å². The van der Waals surface area contributed by atoms with Crippen molar-refractivity contribution in [3.8, 4) is 0 Å². The maximum Gasteiger partial charge on any atom is 0.244 e. The van der Waals surface area contributed by atoms with Crippen LogP contribution >= 0.6 is 0 Å². The van der Waals surface area contributed by atoms with Crippen LogP contribution in [0.15, 0.2) is 42.5 Å². The molecule has 0 aliphatic rings. The fourth-order valence-electron chi connectivity index (χ4n) is 3.02. The zero-order chi connectivity index (χ0) is 24.8. The van der Waals surface area contributed by atoms with Crippen molar-refractivity contribution in [2.45, 2.75) is 32.9 Å². The van der Waals surface area contributed by atoms with Crippen LogP contribution in [0.3, 0.4) is 0 Å². The van der Waals surface area contributed by atoms with E-state index < -0.39 is 51.9 Å². The first kappa shape index (κ1) is 26.2. The Morgan fingerprint density at radius 3 is 2.21 bits per heavy atom. The molecule has 1 unspecified atom stereocenters. The van der Waals surface area contributed by atoms with Crippen LogP contribution < -0.4 is 9.62 Å². The topological polar surface area (TPSA) is 86.8 Å². The van der Waals surface area contributed by atoms with Gasteiger partial charge < -0.3 is 10.2 Å². The van der Waals surface area contributed by atoms with E-state index in [0.717, 1.165) is 23.3 Å². The Labute approximate surface area is 191 Å². The third-order valence-electron chi connectivity index (χ3n) is 4.85. The van der Waals surface area contributed by atoms with Crippen molar-refractivity contribution in [2.24, 2.45) is 0 Å². The monoisotopic (exact) mass is 485 g/mol. The molecule has 0 spiro atoms.